The summed E-state index contributed by atoms with van der Waals surface area (Å²) in [5.74, 6) is 0.477. The lowest BCUT2D eigenvalue weighted by Gasteiger charge is -2.19. The summed E-state index contributed by atoms with van der Waals surface area (Å²) in [4.78, 5) is 23.1. The van der Waals surface area contributed by atoms with E-state index < -0.39 is 11.4 Å². The van der Waals surface area contributed by atoms with E-state index in [9.17, 15) is 9.59 Å². The summed E-state index contributed by atoms with van der Waals surface area (Å²) < 4.78 is 16.9. The van der Waals surface area contributed by atoms with Crippen LogP contribution in [0.5, 0.6) is 11.5 Å². The second-order valence-corrected chi connectivity index (χ2v) is 4.29. The topological polar surface area (TPSA) is 79.7 Å². The van der Waals surface area contributed by atoms with Crippen LogP contribution in [0.3, 0.4) is 0 Å². The molecule has 1 aliphatic rings. The lowest BCUT2D eigenvalue weighted by Crippen LogP contribution is -2.21. The average molecular weight is 288 g/mol. The molecule has 0 aliphatic carbocycles. The van der Waals surface area contributed by atoms with Crippen LogP contribution in [0, 0.1) is 0 Å². The van der Waals surface area contributed by atoms with Gasteiger partial charge in [-0.25, -0.2) is 9.48 Å². The van der Waals surface area contributed by atoms with E-state index >= 15 is 0 Å². The van der Waals surface area contributed by atoms with Crippen LogP contribution < -0.4 is 14.9 Å². The zero-order valence-electron chi connectivity index (χ0n) is 11.2. The minimum Gasteiger partial charge on any atom is -0.486 e. The number of methoxy groups -OCH3 is 1. The van der Waals surface area contributed by atoms with Crippen molar-refractivity contribution in [3.8, 4) is 17.2 Å². The van der Waals surface area contributed by atoms with Crippen molar-refractivity contribution in [2.24, 2.45) is 0 Å². The van der Waals surface area contributed by atoms with E-state index in [-0.39, 0.29) is 5.69 Å². The number of rotatable bonds is 2. The van der Waals surface area contributed by atoms with Crippen molar-refractivity contribution >= 4 is 5.97 Å². The minimum absolute atomic E-state index is 0.269. The molecule has 21 heavy (non-hydrogen) atoms. The highest BCUT2D eigenvalue weighted by atomic mass is 16.6. The van der Waals surface area contributed by atoms with E-state index in [4.69, 9.17) is 9.47 Å². The first-order valence-electron chi connectivity index (χ1n) is 6.27. The van der Waals surface area contributed by atoms with Crippen molar-refractivity contribution in [2.45, 2.75) is 0 Å². The van der Waals surface area contributed by atoms with Gasteiger partial charge in [-0.1, -0.05) is 0 Å². The van der Waals surface area contributed by atoms with E-state index in [2.05, 4.69) is 9.84 Å². The standard InChI is InChI=1S/C14H12N2O5/c1-19-14(18)13-10(17)4-5-16(15-13)9-2-3-11-12(8-9)21-7-6-20-11/h2-5,8H,6-7H2,1H3. The smallest absolute Gasteiger partial charge is 0.362 e. The van der Waals surface area contributed by atoms with Gasteiger partial charge in [-0.05, 0) is 12.1 Å². The number of aromatic nitrogens is 2. The van der Waals surface area contributed by atoms with Crippen LogP contribution in [0.2, 0.25) is 0 Å². The fourth-order valence-electron chi connectivity index (χ4n) is 1.96. The second kappa shape index (κ2) is 5.28. The van der Waals surface area contributed by atoms with Gasteiger partial charge in [0.1, 0.15) is 13.2 Å². The maximum atomic E-state index is 11.6. The third-order valence-electron chi connectivity index (χ3n) is 2.98. The lowest BCUT2D eigenvalue weighted by atomic mass is 10.2. The fraction of sp³-hybridized carbons (Fsp3) is 0.214. The summed E-state index contributed by atoms with van der Waals surface area (Å²) in [6, 6.07) is 6.50. The molecule has 1 aromatic carbocycles. The molecule has 108 valence electrons. The van der Waals surface area contributed by atoms with Gasteiger partial charge < -0.3 is 14.2 Å². The molecular weight excluding hydrogens is 276 g/mol. The molecule has 7 heteroatoms. The first-order chi connectivity index (χ1) is 10.2. The van der Waals surface area contributed by atoms with Crippen molar-refractivity contribution < 1.29 is 19.0 Å². The zero-order chi connectivity index (χ0) is 14.8. The fourth-order valence-corrected chi connectivity index (χ4v) is 1.96. The van der Waals surface area contributed by atoms with Crippen LogP contribution in [0.25, 0.3) is 5.69 Å². The summed E-state index contributed by atoms with van der Waals surface area (Å²) in [6.07, 6.45) is 1.47. The Kier molecular flexibility index (Phi) is 3.31. The van der Waals surface area contributed by atoms with Gasteiger partial charge in [-0.3, -0.25) is 4.79 Å². The number of carbonyl (C=O) groups is 1. The summed E-state index contributed by atoms with van der Waals surface area (Å²) in [5, 5.41) is 4.00. The van der Waals surface area contributed by atoms with Crippen molar-refractivity contribution in [3.05, 3.63) is 46.4 Å². The molecular formula is C14H12N2O5. The maximum absolute atomic E-state index is 11.6. The highest BCUT2D eigenvalue weighted by Gasteiger charge is 2.15. The maximum Gasteiger partial charge on any atom is 0.362 e. The Labute approximate surface area is 119 Å². The van der Waals surface area contributed by atoms with Gasteiger partial charge in [-0.15, -0.1) is 0 Å². The number of ether oxygens (including phenoxy) is 3. The first kappa shape index (κ1) is 13.2. The molecule has 0 atom stereocenters. The number of carbonyl (C=O) groups excluding carboxylic acids is 1. The monoisotopic (exact) mass is 288 g/mol. The summed E-state index contributed by atoms with van der Waals surface area (Å²) in [7, 11) is 1.20. The Bertz CT molecular complexity index is 753. The van der Waals surface area contributed by atoms with Gasteiger partial charge in [-0.2, -0.15) is 5.10 Å². The molecule has 0 radical (unpaired) electrons. The predicted molar refractivity (Wildman–Crippen MR) is 72.2 cm³/mol. The normalized spacial score (nSPS) is 12.8. The molecule has 1 aliphatic heterocycles. The van der Waals surface area contributed by atoms with E-state index in [0.29, 0.717) is 30.4 Å². The highest BCUT2D eigenvalue weighted by molar-refractivity contribution is 5.86. The van der Waals surface area contributed by atoms with Gasteiger partial charge in [0.15, 0.2) is 11.5 Å². The molecule has 0 bridgehead atoms. The van der Waals surface area contributed by atoms with Crippen molar-refractivity contribution in [3.63, 3.8) is 0 Å². The van der Waals surface area contributed by atoms with Crippen LogP contribution in [0.1, 0.15) is 10.5 Å². The largest absolute Gasteiger partial charge is 0.486 e. The van der Waals surface area contributed by atoms with Gasteiger partial charge in [0.25, 0.3) is 0 Å². The number of hydrogen-bond acceptors (Lipinski definition) is 6. The van der Waals surface area contributed by atoms with E-state index in [1.165, 1.54) is 24.1 Å². The van der Waals surface area contributed by atoms with Crippen LogP contribution in [0.15, 0.2) is 35.3 Å². The number of hydrogen-bond donors (Lipinski definition) is 0. The summed E-state index contributed by atoms with van der Waals surface area (Å²) in [6.45, 7) is 0.983. The molecule has 3 rings (SSSR count). The number of esters is 1. The Morgan fingerprint density at radius 1 is 1.24 bits per heavy atom. The van der Waals surface area contributed by atoms with Crippen molar-refractivity contribution in [1.29, 1.82) is 0 Å². The highest BCUT2D eigenvalue weighted by Crippen LogP contribution is 2.31. The zero-order valence-corrected chi connectivity index (χ0v) is 11.2. The molecule has 7 nitrogen and oxygen atoms in total. The van der Waals surface area contributed by atoms with E-state index in [1.807, 2.05) is 0 Å². The predicted octanol–water partition coefficient (Wildman–Crippen LogP) is 0.790. The Morgan fingerprint density at radius 2 is 2.00 bits per heavy atom. The Morgan fingerprint density at radius 3 is 2.76 bits per heavy atom. The summed E-state index contributed by atoms with van der Waals surface area (Å²) >= 11 is 0. The second-order valence-electron chi connectivity index (χ2n) is 4.29. The van der Waals surface area contributed by atoms with Gasteiger partial charge >= 0.3 is 5.97 Å². The quantitative estimate of drug-likeness (QED) is 0.760. The van der Waals surface area contributed by atoms with E-state index in [0.717, 1.165) is 0 Å². The SMILES string of the molecule is COC(=O)c1nn(-c2ccc3c(c2)OCCO3)ccc1=O. The minimum atomic E-state index is -0.771. The Hall–Kier alpha value is -2.83. The van der Waals surface area contributed by atoms with Gasteiger partial charge in [0.2, 0.25) is 11.1 Å². The molecule has 0 N–H and O–H groups in total. The molecule has 1 aromatic heterocycles. The van der Waals surface area contributed by atoms with Crippen LogP contribution in [-0.4, -0.2) is 36.1 Å². The third kappa shape index (κ3) is 2.45. The van der Waals surface area contributed by atoms with Crippen LogP contribution in [0.4, 0.5) is 0 Å². The van der Waals surface area contributed by atoms with E-state index in [1.54, 1.807) is 18.2 Å². The molecule has 0 saturated heterocycles. The van der Waals surface area contributed by atoms with Crippen molar-refractivity contribution in [1.82, 2.24) is 9.78 Å². The first-order valence-corrected chi connectivity index (χ1v) is 6.27. The molecule has 0 unspecified atom stereocenters. The molecule has 0 spiro atoms. The molecule has 2 heterocycles. The number of benzene rings is 1. The van der Waals surface area contributed by atoms with Gasteiger partial charge in [0, 0.05) is 18.3 Å². The van der Waals surface area contributed by atoms with Crippen molar-refractivity contribution in [2.75, 3.05) is 20.3 Å². The molecule has 0 saturated carbocycles. The van der Waals surface area contributed by atoms with Crippen LogP contribution >= 0.6 is 0 Å². The van der Waals surface area contributed by atoms with Gasteiger partial charge in [0.05, 0.1) is 12.8 Å². The average Bonchev–Trinajstić information content (AvgIpc) is 2.54. The molecule has 2 aromatic rings. The summed E-state index contributed by atoms with van der Waals surface area (Å²) in [5.41, 5.74) is -0.116. The number of fused-ring (bicyclic) bond motifs is 1. The van der Waals surface area contributed by atoms with Crippen LogP contribution in [-0.2, 0) is 4.74 Å². The molecule has 0 amide bonds. The molecule has 0 fully saturated rings. The Balaban J connectivity index is 2.04. The third-order valence-corrected chi connectivity index (χ3v) is 2.98. The lowest BCUT2D eigenvalue weighted by molar-refractivity contribution is 0.0590. The number of nitrogens with zero attached hydrogens (tertiary/aromatic N) is 2.